The second kappa shape index (κ2) is 4.51. The lowest BCUT2D eigenvalue weighted by Crippen LogP contribution is -2.12. The van der Waals surface area contributed by atoms with Crippen molar-refractivity contribution in [2.45, 2.75) is 19.9 Å². The average Bonchev–Trinajstić information content (AvgIpc) is 3.04. The zero-order chi connectivity index (χ0) is 13.4. The number of rotatable bonds is 3. The molecule has 0 radical (unpaired) electrons. The minimum atomic E-state index is 0.0586. The second-order valence-corrected chi connectivity index (χ2v) is 4.60. The molecule has 19 heavy (non-hydrogen) atoms. The Hall–Kier alpha value is -2.15. The SMILES string of the molecule is Cc1c(Cl)nc2ncnn2c1NC(C)c1cn[nH]c1. The smallest absolute Gasteiger partial charge is 0.255 e. The summed E-state index contributed by atoms with van der Waals surface area (Å²) < 4.78 is 1.64. The highest BCUT2D eigenvalue weighted by Crippen LogP contribution is 2.25. The van der Waals surface area contributed by atoms with E-state index in [0.29, 0.717) is 10.9 Å². The Labute approximate surface area is 114 Å². The van der Waals surface area contributed by atoms with E-state index in [1.54, 1.807) is 10.7 Å². The Kier molecular flexibility index (Phi) is 2.83. The fourth-order valence-electron chi connectivity index (χ4n) is 1.85. The summed E-state index contributed by atoms with van der Waals surface area (Å²) >= 11 is 6.11. The van der Waals surface area contributed by atoms with Crippen molar-refractivity contribution >= 4 is 23.2 Å². The molecule has 1 unspecified atom stereocenters. The fourth-order valence-corrected chi connectivity index (χ4v) is 2.02. The molecule has 0 aliphatic carbocycles. The Bertz CT molecular complexity index is 703. The lowest BCUT2D eigenvalue weighted by atomic mass is 10.2. The van der Waals surface area contributed by atoms with Crippen molar-refractivity contribution < 1.29 is 0 Å². The molecule has 3 rings (SSSR count). The van der Waals surface area contributed by atoms with Gasteiger partial charge in [-0.2, -0.15) is 24.7 Å². The number of anilines is 1. The van der Waals surface area contributed by atoms with Gasteiger partial charge < -0.3 is 5.32 Å². The van der Waals surface area contributed by atoms with Gasteiger partial charge in [0.2, 0.25) is 0 Å². The Balaban J connectivity index is 2.04. The number of aromatic nitrogens is 6. The fraction of sp³-hybridized carbons (Fsp3) is 0.273. The van der Waals surface area contributed by atoms with Crippen LogP contribution in [0.1, 0.15) is 24.1 Å². The highest BCUT2D eigenvalue weighted by Gasteiger charge is 2.15. The van der Waals surface area contributed by atoms with E-state index in [1.807, 2.05) is 20.0 Å². The number of fused-ring (bicyclic) bond motifs is 1. The van der Waals surface area contributed by atoms with E-state index in [2.05, 4.69) is 30.6 Å². The van der Waals surface area contributed by atoms with Gasteiger partial charge in [-0.15, -0.1) is 0 Å². The van der Waals surface area contributed by atoms with Gasteiger partial charge in [-0.25, -0.2) is 0 Å². The summed E-state index contributed by atoms with van der Waals surface area (Å²) in [6, 6.07) is 0.0586. The molecule has 0 fully saturated rings. The van der Waals surface area contributed by atoms with Crippen LogP contribution < -0.4 is 5.32 Å². The van der Waals surface area contributed by atoms with E-state index in [0.717, 1.165) is 16.9 Å². The number of halogens is 1. The van der Waals surface area contributed by atoms with Gasteiger partial charge in [0.25, 0.3) is 5.78 Å². The molecule has 0 spiro atoms. The first-order chi connectivity index (χ1) is 9.16. The maximum atomic E-state index is 6.11. The van der Waals surface area contributed by atoms with Crippen LogP contribution in [-0.4, -0.2) is 29.8 Å². The normalized spacial score (nSPS) is 12.8. The lowest BCUT2D eigenvalue weighted by molar-refractivity contribution is 0.835. The number of hydrogen-bond acceptors (Lipinski definition) is 5. The van der Waals surface area contributed by atoms with Crippen LogP contribution >= 0.6 is 11.6 Å². The summed E-state index contributed by atoms with van der Waals surface area (Å²) in [6.45, 7) is 3.92. The van der Waals surface area contributed by atoms with Gasteiger partial charge in [-0.1, -0.05) is 11.6 Å². The molecular weight excluding hydrogens is 266 g/mol. The molecule has 3 aromatic rings. The number of H-pyrrole nitrogens is 1. The largest absolute Gasteiger partial charge is 0.363 e. The van der Waals surface area contributed by atoms with Gasteiger partial charge in [-0.3, -0.25) is 5.10 Å². The third kappa shape index (κ3) is 2.01. The van der Waals surface area contributed by atoms with Gasteiger partial charge in [-0.05, 0) is 13.8 Å². The number of aromatic amines is 1. The molecule has 1 atom stereocenters. The standard InChI is InChI=1S/C11H12ClN7/c1-6-9(12)18-11-13-5-16-19(11)10(6)17-7(2)8-3-14-15-4-8/h3-5,7,17H,1-2H3,(H,14,15). The average molecular weight is 278 g/mol. The lowest BCUT2D eigenvalue weighted by Gasteiger charge is -2.16. The van der Waals surface area contributed by atoms with Crippen LogP contribution in [0.3, 0.4) is 0 Å². The van der Waals surface area contributed by atoms with Crippen LogP contribution in [-0.2, 0) is 0 Å². The summed E-state index contributed by atoms with van der Waals surface area (Å²) in [6.07, 6.45) is 5.06. The molecule has 2 N–H and O–H groups in total. The first kappa shape index (κ1) is 11.9. The van der Waals surface area contributed by atoms with Crippen LogP contribution in [0.25, 0.3) is 5.78 Å². The molecule has 0 aromatic carbocycles. The molecule has 0 saturated carbocycles. The van der Waals surface area contributed by atoms with Crippen LogP contribution in [0.4, 0.5) is 5.82 Å². The molecule has 8 heteroatoms. The third-order valence-electron chi connectivity index (χ3n) is 2.98. The van der Waals surface area contributed by atoms with Gasteiger partial charge in [0.15, 0.2) is 0 Å². The van der Waals surface area contributed by atoms with Crippen molar-refractivity contribution in [1.82, 2.24) is 29.8 Å². The van der Waals surface area contributed by atoms with Gasteiger partial charge in [0, 0.05) is 17.3 Å². The van der Waals surface area contributed by atoms with Crippen LogP contribution in [0, 0.1) is 6.92 Å². The van der Waals surface area contributed by atoms with Crippen LogP contribution in [0.5, 0.6) is 0 Å². The first-order valence-electron chi connectivity index (χ1n) is 5.78. The Morgan fingerprint density at radius 2 is 2.32 bits per heavy atom. The van der Waals surface area contributed by atoms with Gasteiger partial charge >= 0.3 is 0 Å². The van der Waals surface area contributed by atoms with E-state index in [-0.39, 0.29) is 6.04 Å². The summed E-state index contributed by atoms with van der Waals surface area (Å²) in [5.74, 6) is 1.25. The second-order valence-electron chi connectivity index (χ2n) is 4.25. The first-order valence-corrected chi connectivity index (χ1v) is 6.15. The maximum absolute atomic E-state index is 6.11. The molecule has 3 heterocycles. The molecule has 0 aliphatic heterocycles. The van der Waals surface area contributed by atoms with Crippen molar-refractivity contribution in [2.24, 2.45) is 0 Å². The highest BCUT2D eigenvalue weighted by molar-refractivity contribution is 6.30. The topological polar surface area (TPSA) is 83.8 Å². The third-order valence-corrected chi connectivity index (χ3v) is 3.34. The molecule has 98 valence electrons. The summed E-state index contributed by atoms with van der Waals surface area (Å²) in [5.41, 5.74) is 1.87. The predicted molar refractivity (Wildman–Crippen MR) is 71.2 cm³/mol. The zero-order valence-electron chi connectivity index (χ0n) is 10.4. The quantitative estimate of drug-likeness (QED) is 0.715. The molecule has 0 amide bonds. The number of nitrogens with zero attached hydrogens (tertiary/aromatic N) is 5. The van der Waals surface area contributed by atoms with Crippen molar-refractivity contribution in [3.63, 3.8) is 0 Å². The van der Waals surface area contributed by atoms with E-state index in [9.17, 15) is 0 Å². The summed E-state index contributed by atoms with van der Waals surface area (Å²) in [5, 5.41) is 14.7. The molecule has 3 aromatic heterocycles. The van der Waals surface area contributed by atoms with Crippen LogP contribution in [0.15, 0.2) is 18.7 Å². The van der Waals surface area contributed by atoms with E-state index in [4.69, 9.17) is 11.6 Å². The van der Waals surface area contributed by atoms with Crippen molar-refractivity contribution in [3.8, 4) is 0 Å². The van der Waals surface area contributed by atoms with Crippen molar-refractivity contribution in [3.05, 3.63) is 35.0 Å². The molecule has 0 aliphatic rings. The zero-order valence-corrected chi connectivity index (χ0v) is 11.2. The predicted octanol–water partition coefficient (Wildman–Crippen LogP) is 1.98. The minimum absolute atomic E-state index is 0.0586. The van der Waals surface area contributed by atoms with Crippen LogP contribution in [0.2, 0.25) is 5.15 Å². The number of hydrogen-bond donors (Lipinski definition) is 2. The minimum Gasteiger partial charge on any atom is -0.363 e. The van der Waals surface area contributed by atoms with Gasteiger partial charge in [0.1, 0.15) is 17.3 Å². The summed E-state index contributed by atoms with van der Waals surface area (Å²) in [7, 11) is 0. The van der Waals surface area contributed by atoms with Crippen molar-refractivity contribution in [1.29, 1.82) is 0 Å². The van der Waals surface area contributed by atoms with E-state index >= 15 is 0 Å². The van der Waals surface area contributed by atoms with Crippen molar-refractivity contribution in [2.75, 3.05) is 5.32 Å². The highest BCUT2D eigenvalue weighted by atomic mass is 35.5. The molecule has 0 bridgehead atoms. The molecule has 7 nitrogen and oxygen atoms in total. The summed E-state index contributed by atoms with van der Waals surface area (Å²) in [4.78, 5) is 8.21. The Morgan fingerprint density at radius 1 is 1.47 bits per heavy atom. The maximum Gasteiger partial charge on any atom is 0.255 e. The monoisotopic (exact) mass is 277 g/mol. The van der Waals surface area contributed by atoms with E-state index < -0.39 is 0 Å². The Morgan fingerprint density at radius 3 is 3.05 bits per heavy atom. The molecular formula is C11H12ClN7. The molecule has 0 saturated heterocycles. The van der Waals surface area contributed by atoms with Gasteiger partial charge in [0.05, 0.1) is 12.2 Å². The number of nitrogens with one attached hydrogen (secondary N) is 2. The van der Waals surface area contributed by atoms with E-state index in [1.165, 1.54) is 6.33 Å².